The molecule has 0 spiro atoms. The first kappa shape index (κ1) is 13.9. The molecular formula is C14H12N4O4. The first-order valence-electron chi connectivity index (χ1n) is 6.61. The molecule has 1 aromatic heterocycles. The molecule has 2 heterocycles. The van der Waals surface area contributed by atoms with Gasteiger partial charge in [0.1, 0.15) is 0 Å². The van der Waals surface area contributed by atoms with E-state index in [-0.39, 0.29) is 22.9 Å². The number of nitrogens with zero attached hydrogens (tertiary/aromatic N) is 4. The van der Waals surface area contributed by atoms with Crippen molar-refractivity contribution in [2.45, 2.75) is 19.9 Å². The summed E-state index contributed by atoms with van der Waals surface area (Å²) in [5.74, 6) is -2.27. The fourth-order valence-corrected chi connectivity index (χ4v) is 2.00. The van der Waals surface area contributed by atoms with Crippen LogP contribution in [-0.2, 0) is 4.84 Å². The number of carbonyl (C=O) groups excluding carboxylic acids is 3. The molecule has 2 amide bonds. The van der Waals surface area contributed by atoms with Crippen LogP contribution in [0.4, 0.5) is 0 Å². The maximum atomic E-state index is 12.1. The summed E-state index contributed by atoms with van der Waals surface area (Å²) in [4.78, 5) is 41.0. The Labute approximate surface area is 125 Å². The molecule has 1 aromatic carbocycles. The van der Waals surface area contributed by atoms with Crippen molar-refractivity contribution in [3.63, 3.8) is 0 Å². The number of amides is 2. The zero-order chi connectivity index (χ0) is 15.9. The Morgan fingerprint density at radius 1 is 1.14 bits per heavy atom. The Balaban J connectivity index is 1.80. The van der Waals surface area contributed by atoms with E-state index < -0.39 is 17.8 Å². The van der Waals surface area contributed by atoms with E-state index in [0.717, 1.165) is 0 Å². The maximum Gasteiger partial charge on any atom is 0.385 e. The molecule has 0 fully saturated rings. The minimum Gasteiger partial charge on any atom is -0.322 e. The van der Waals surface area contributed by atoms with Crippen molar-refractivity contribution < 1.29 is 19.2 Å². The van der Waals surface area contributed by atoms with Gasteiger partial charge in [0.2, 0.25) is 0 Å². The third kappa shape index (κ3) is 2.14. The second-order valence-corrected chi connectivity index (χ2v) is 5.01. The molecule has 0 saturated carbocycles. The normalized spacial score (nSPS) is 13.7. The van der Waals surface area contributed by atoms with Gasteiger partial charge in [-0.3, -0.25) is 9.59 Å². The number of hydrogen-bond acceptors (Lipinski definition) is 6. The van der Waals surface area contributed by atoms with Crippen LogP contribution in [0.25, 0.3) is 0 Å². The molecule has 8 heteroatoms. The summed E-state index contributed by atoms with van der Waals surface area (Å²) in [7, 11) is 0. The number of carbonyl (C=O) groups is 3. The van der Waals surface area contributed by atoms with Crippen LogP contribution in [0.1, 0.15) is 51.1 Å². The number of imide groups is 1. The molecule has 0 bridgehead atoms. The SMILES string of the molecule is CC(C)n1cc(C(=O)ON2C(=O)c3ccccc3C2=O)nn1. The smallest absolute Gasteiger partial charge is 0.322 e. The van der Waals surface area contributed by atoms with Crippen LogP contribution in [0, 0.1) is 0 Å². The lowest BCUT2D eigenvalue weighted by Crippen LogP contribution is -2.32. The molecule has 8 nitrogen and oxygen atoms in total. The fraction of sp³-hybridized carbons (Fsp3) is 0.214. The molecule has 0 saturated heterocycles. The number of hydrogen-bond donors (Lipinski definition) is 0. The quantitative estimate of drug-likeness (QED) is 0.791. The maximum absolute atomic E-state index is 12.1. The van der Waals surface area contributed by atoms with Gasteiger partial charge in [-0.2, -0.15) is 0 Å². The molecule has 112 valence electrons. The highest BCUT2D eigenvalue weighted by atomic mass is 16.7. The van der Waals surface area contributed by atoms with Crippen molar-refractivity contribution in [2.75, 3.05) is 0 Å². The second kappa shape index (κ2) is 5.06. The summed E-state index contributed by atoms with van der Waals surface area (Å²) >= 11 is 0. The minimum absolute atomic E-state index is 0.0216. The van der Waals surface area contributed by atoms with Gasteiger partial charge in [-0.25, -0.2) is 9.48 Å². The van der Waals surface area contributed by atoms with Gasteiger partial charge in [0, 0.05) is 6.04 Å². The van der Waals surface area contributed by atoms with Crippen molar-refractivity contribution in [2.24, 2.45) is 0 Å². The van der Waals surface area contributed by atoms with Crippen LogP contribution in [0.5, 0.6) is 0 Å². The summed E-state index contributed by atoms with van der Waals surface area (Å²) in [6, 6.07) is 6.28. The molecule has 1 aliphatic rings. The van der Waals surface area contributed by atoms with E-state index in [4.69, 9.17) is 4.84 Å². The molecule has 3 rings (SSSR count). The van der Waals surface area contributed by atoms with Gasteiger partial charge >= 0.3 is 5.97 Å². The lowest BCUT2D eigenvalue weighted by atomic mass is 10.1. The number of fused-ring (bicyclic) bond motifs is 1. The van der Waals surface area contributed by atoms with Crippen molar-refractivity contribution in [1.82, 2.24) is 20.1 Å². The van der Waals surface area contributed by atoms with Crippen LogP contribution in [-0.4, -0.2) is 37.8 Å². The van der Waals surface area contributed by atoms with Crippen molar-refractivity contribution >= 4 is 17.8 Å². The average molecular weight is 300 g/mol. The molecular weight excluding hydrogens is 288 g/mol. The zero-order valence-electron chi connectivity index (χ0n) is 11.9. The highest BCUT2D eigenvalue weighted by Crippen LogP contribution is 2.23. The zero-order valence-corrected chi connectivity index (χ0v) is 11.9. The molecule has 0 atom stereocenters. The summed E-state index contributed by atoms with van der Waals surface area (Å²) in [6.45, 7) is 3.74. The van der Waals surface area contributed by atoms with Gasteiger partial charge in [0.15, 0.2) is 5.69 Å². The van der Waals surface area contributed by atoms with Gasteiger partial charge in [-0.05, 0) is 26.0 Å². The van der Waals surface area contributed by atoms with Crippen LogP contribution in [0.2, 0.25) is 0 Å². The van der Waals surface area contributed by atoms with E-state index >= 15 is 0 Å². The second-order valence-electron chi connectivity index (χ2n) is 5.01. The summed E-state index contributed by atoms with van der Waals surface area (Å²) in [5.41, 5.74) is 0.322. The molecule has 0 unspecified atom stereocenters. The topological polar surface area (TPSA) is 94.4 Å². The molecule has 1 aliphatic heterocycles. The lowest BCUT2D eigenvalue weighted by molar-refractivity contribution is -0.0588. The largest absolute Gasteiger partial charge is 0.385 e. The summed E-state index contributed by atoms with van der Waals surface area (Å²) < 4.78 is 1.47. The third-order valence-corrected chi connectivity index (χ3v) is 3.18. The van der Waals surface area contributed by atoms with Gasteiger partial charge in [0.25, 0.3) is 11.8 Å². The Kier molecular flexibility index (Phi) is 3.21. The van der Waals surface area contributed by atoms with Gasteiger partial charge < -0.3 is 4.84 Å². The molecule has 0 radical (unpaired) electrons. The van der Waals surface area contributed by atoms with Gasteiger partial charge in [-0.15, -0.1) is 5.10 Å². The highest BCUT2D eigenvalue weighted by molar-refractivity contribution is 6.21. The minimum atomic E-state index is -0.915. The number of hydroxylamine groups is 2. The standard InChI is InChI=1S/C14H12N4O4/c1-8(2)17-7-11(15-16-17)14(21)22-18-12(19)9-5-3-4-6-10(9)13(18)20/h3-8H,1-2H3. The van der Waals surface area contributed by atoms with E-state index in [1.165, 1.54) is 23.0 Å². The van der Waals surface area contributed by atoms with Crippen LogP contribution < -0.4 is 0 Å². The average Bonchev–Trinajstić information content (AvgIpc) is 3.08. The molecule has 0 aliphatic carbocycles. The van der Waals surface area contributed by atoms with Gasteiger partial charge in [0.05, 0.1) is 17.3 Å². The first-order valence-corrected chi connectivity index (χ1v) is 6.61. The Bertz CT molecular complexity index is 746. The van der Waals surface area contributed by atoms with E-state index in [1.807, 2.05) is 13.8 Å². The van der Waals surface area contributed by atoms with Crippen LogP contribution in [0.3, 0.4) is 0 Å². The molecule has 0 N–H and O–H groups in total. The van der Waals surface area contributed by atoms with Gasteiger partial charge in [-0.1, -0.05) is 22.4 Å². The number of rotatable bonds is 3. The van der Waals surface area contributed by atoms with E-state index in [1.54, 1.807) is 12.1 Å². The third-order valence-electron chi connectivity index (χ3n) is 3.18. The monoisotopic (exact) mass is 300 g/mol. The Hall–Kier alpha value is -3.03. The Morgan fingerprint density at radius 3 is 2.23 bits per heavy atom. The fourth-order valence-electron chi connectivity index (χ4n) is 2.00. The van der Waals surface area contributed by atoms with E-state index in [0.29, 0.717) is 5.06 Å². The van der Waals surface area contributed by atoms with E-state index in [9.17, 15) is 14.4 Å². The lowest BCUT2D eigenvalue weighted by Gasteiger charge is -2.11. The molecule has 2 aromatic rings. The predicted octanol–water partition coefficient (Wildman–Crippen LogP) is 1.23. The van der Waals surface area contributed by atoms with Crippen molar-refractivity contribution in [3.05, 3.63) is 47.3 Å². The Morgan fingerprint density at radius 2 is 1.73 bits per heavy atom. The van der Waals surface area contributed by atoms with Crippen molar-refractivity contribution in [3.8, 4) is 0 Å². The van der Waals surface area contributed by atoms with E-state index in [2.05, 4.69) is 10.3 Å². The first-order chi connectivity index (χ1) is 10.5. The summed E-state index contributed by atoms with van der Waals surface area (Å²) in [6.07, 6.45) is 1.39. The van der Waals surface area contributed by atoms with Crippen LogP contribution >= 0.6 is 0 Å². The van der Waals surface area contributed by atoms with Crippen LogP contribution in [0.15, 0.2) is 30.5 Å². The highest BCUT2D eigenvalue weighted by Gasteiger charge is 2.39. The molecule has 22 heavy (non-hydrogen) atoms. The summed E-state index contributed by atoms with van der Waals surface area (Å²) in [5, 5.41) is 7.88. The number of benzene rings is 1. The predicted molar refractivity (Wildman–Crippen MR) is 72.8 cm³/mol. The number of aromatic nitrogens is 3. The van der Waals surface area contributed by atoms with Crippen molar-refractivity contribution in [1.29, 1.82) is 0 Å².